The third-order valence-corrected chi connectivity index (χ3v) is 5.60. The predicted octanol–water partition coefficient (Wildman–Crippen LogP) is 3.90. The lowest BCUT2D eigenvalue weighted by atomic mass is 10.1. The first-order chi connectivity index (χ1) is 15.5. The molecule has 0 bridgehead atoms. The van der Waals surface area contributed by atoms with Crippen molar-refractivity contribution in [2.45, 2.75) is 19.9 Å². The van der Waals surface area contributed by atoms with Crippen LogP contribution < -0.4 is 19.7 Å². The summed E-state index contributed by atoms with van der Waals surface area (Å²) in [6, 6.07) is 13.0. The van der Waals surface area contributed by atoms with Gasteiger partial charge >= 0.3 is 0 Å². The molecule has 7 nitrogen and oxygen atoms in total. The van der Waals surface area contributed by atoms with E-state index in [0.717, 1.165) is 29.4 Å². The molecule has 3 aromatic rings. The van der Waals surface area contributed by atoms with Crippen LogP contribution in [0, 0.1) is 0 Å². The Labute approximate surface area is 191 Å². The summed E-state index contributed by atoms with van der Waals surface area (Å²) in [6.45, 7) is 2.94. The molecule has 1 fully saturated rings. The maximum Gasteiger partial charge on any atom is 0.270 e. The van der Waals surface area contributed by atoms with Gasteiger partial charge in [0.25, 0.3) is 11.8 Å². The molecule has 0 radical (unpaired) electrons. The molecule has 2 aromatic carbocycles. The molecule has 0 aliphatic carbocycles. The van der Waals surface area contributed by atoms with Crippen molar-refractivity contribution >= 4 is 51.8 Å². The smallest absolute Gasteiger partial charge is 0.270 e. The Bertz CT molecular complexity index is 1260. The molecule has 1 N–H and O–H groups in total. The topological polar surface area (TPSA) is 72.8 Å². The van der Waals surface area contributed by atoms with E-state index >= 15 is 0 Å². The maximum atomic E-state index is 13.5. The van der Waals surface area contributed by atoms with Gasteiger partial charge in [-0.05, 0) is 42.9 Å². The highest BCUT2D eigenvalue weighted by molar-refractivity contribution is 7.80. The molecule has 2 amide bonds. The molecular weight excluding hydrogens is 426 g/mol. The number of methoxy groups -OCH3 is 2. The summed E-state index contributed by atoms with van der Waals surface area (Å²) in [6.07, 6.45) is 4.55. The van der Waals surface area contributed by atoms with Gasteiger partial charge < -0.3 is 14.0 Å². The first-order valence-electron chi connectivity index (χ1n) is 10.2. The Morgan fingerprint density at radius 3 is 2.59 bits per heavy atom. The number of aryl methyl sites for hydroxylation is 1. The van der Waals surface area contributed by atoms with E-state index in [0.29, 0.717) is 17.2 Å². The number of amides is 2. The molecule has 8 heteroatoms. The third kappa shape index (κ3) is 3.73. The van der Waals surface area contributed by atoms with E-state index in [-0.39, 0.29) is 10.7 Å². The zero-order chi connectivity index (χ0) is 22.8. The van der Waals surface area contributed by atoms with Crippen molar-refractivity contribution < 1.29 is 19.1 Å². The monoisotopic (exact) mass is 449 g/mol. The van der Waals surface area contributed by atoms with E-state index in [1.807, 2.05) is 30.5 Å². The zero-order valence-electron chi connectivity index (χ0n) is 18.0. The van der Waals surface area contributed by atoms with Crippen LogP contribution in [0.25, 0.3) is 17.0 Å². The largest absolute Gasteiger partial charge is 0.497 e. The van der Waals surface area contributed by atoms with Gasteiger partial charge in [-0.2, -0.15) is 0 Å². The number of hydrogen-bond acceptors (Lipinski definition) is 5. The molecule has 1 saturated heterocycles. The van der Waals surface area contributed by atoms with Gasteiger partial charge in [-0.3, -0.25) is 14.9 Å². The first-order valence-corrected chi connectivity index (χ1v) is 10.6. The molecule has 4 rings (SSSR count). The molecule has 2 heterocycles. The predicted molar refractivity (Wildman–Crippen MR) is 128 cm³/mol. The molecule has 0 spiro atoms. The van der Waals surface area contributed by atoms with Gasteiger partial charge in [0.1, 0.15) is 17.1 Å². The second-order valence-electron chi connectivity index (χ2n) is 7.29. The van der Waals surface area contributed by atoms with E-state index in [1.165, 1.54) is 19.1 Å². The van der Waals surface area contributed by atoms with Gasteiger partial charge in [0.05, 0.1) is 19.9 Å². The Morgan fingerprint density at radius 2 is 1.88 bits per heavy atom. The molecule has 1 aliphatic rings. The zero-order valence-corrected chi connectivity index (χ0v) is 18.9. The number of aromatic nitrogens is 1. The molecule has 0 unspecified atom stereocenters. The summed E-state index contributed by atoms with van der Waals surface area (Å²) in [5, 5.41) is 3.57. The Morgan fingerprint density at radius 1 is 1.09 bits per heavy atom. The quantitative estimate of drug-likeness (QED) is 0.351. The molecule has 0 atom stereocenters. The van der Waals surface area contributed by atoms with Gasteiger partial charge in [0, 0.05) is 35.3 Å². The molecule has 1 aliphatic heterocycles. The lowest BCUT2D eigenvalue weighted by molar-refractivity contribution is -0.122. The molecule has 1 aromatic heterocycles. The lowest BCUT2D eigenvalue weighted by Gasteiger charge is -2.30. The lowest BCUT2D eigenvalue weighted by Crippen LogP contribution is -2.54. The number of thiocarbonyl (C=S) groups is 1. The van der Waals surface area contributed by atoms with E-state index in [4.69, 9.17) is 21.7 Å². The average Bonchev–Trinajstić information content (AvgIpc) is 3.14. The second kappa shape index (κ2) is 8.84. The number of carbonyl (C=O) groups excluding carboxylic acids is 2. The van der Waals surface area contributed by atoms with Crippen LogP contribution in [0.4, 0.5) is 5.69 Å². The number of rotatable bonds is 6. The fraction of sp³-hybridized carbons (Fsp3) is 0.208. The SMILES string of the molecule is CCCn1cc(C=C2C(=O)NC(=S)N(c3cc(OC)ccc3OC)C2=O)c2ccccc21. The van der Waals surface area contributed by atoms with Crippen molar-refractivity contribution in [1.82, 2.24) is 9.88 Å². The highest BCUT2D eigenvalue weighted by Gasteiger charge is 2.36. The van der Waals surface area contributed by atoms with E-state index < -0.39 is 11.8 Å². The van der Waals surface area contributed by atoms with Crippen LogP contribution in [0.1, 0.15) is 18.9 Å². The second-order valence-corrected chi connectivity index (χ2v) is 7.68. The standard InChI is InChI=1S/C24H23N3O4S/c1-4-11-26-14-15(17-7-5-6-8-19(17)26)12-18-22(28)25-24(32)27(23(18)29)20-13-16(30-2)9-10-21(20)31-3/h5-10,12-14H,4,11H2,1-3H3,(H,25,28,32). The van der Waals surface area contributed by atoms with Gasteiger partial charge in [0.15, 0.2) is 5.11 Å². The minimum atomic E-state index is -0.537. The maximum absolute atomic E-state index is 13.5. The summed E-state index contributed by atoms with van der Waals surface area (Å²) >= 11 is 5.33. The van der Waals surface area contributed by atoms with Crippen molar-refractivity contribution in [3.8, 4) is 11.5 Å². The van der Waals surface area contributed by atoms with Gasteiger partial charge in [-0.25, -0.2) is 4.90 Å². The molecule has 0 saturated carbocycles. The van der Waals surface area contributed by atoms with E-state index in [2.05, 4.69) is 16.8 Å². The Hall–Kier alpha value is -3.65. The Kier molecular flexibility index (Phi) is 5.96. The number of para-hydroxylation sites is 1. The highest BCUT2D eigenvalue weighted by atomic mass is 32.1. The average molecular weight is 450 g/mol. The summed E-state index contributed by atoms with van der Waals surface area (Å²) < 4.78 is 12.8. The summed E-state index contributed by atoms with van der Waals surface area (Å²) in [5.74, 6) is -0.110. The normalized spacial score (nSPS) is 15.4. The van der Waals surface area contributed by atoms with Crippen LogP contribution in [-0.4, -0.2) is 35.7 Å². The van der Waals surface area contributed by atoms with Gasteiger partial charge in [-0.15, -0.1) is 0 Å². The van der Waals surface area contributed by atoms with Crippen LogP contribution in [0.3, 0.4) is 0 Å². The number of benzene rings is 2. The number of hydrogen-bond donors (Lipinski definition) is 1. The van der Waals surface area contributed by atoms with Crippen molar-refractivity contribution in [3.05, 3.63) is 59.8 Å². The van der Waals surface area contributed by atoms with E-state index in [9.17, 15) is 9.59 Å². The van der Waals surface area contributed by atoms with E-state index in [1.54, 1.807) is 24.3 Å². The highest BCUT2D eigenvalue weighted by Crippen LogP contribution is 2.35. The van der Waals surface area contributed by atoms with Gasteiger partial charge in [0.2, 0.25) is 0 Å². The van der Waals surface area contributed by atoms with Crippen molar-refractivity contribution in [2.75, 3.05) is 19.1 Å². The third-order valence-electron chi connectivity index (χ3n) is 5.31. The number of fused-ring (bicyclic) bond motifs is 1. The summed E-state index contributed by atoms with van der Waals surface area (Å²) in [4.78, 5) is 27.5. The number of nitrogens with one attached hydrogen (secondary N) is 1. The van der Waals surface area contributed by atoms with Crippen molar-refractivity contribution in [2.24, 2.45) is 0 Å². The molecule has 32 heavy (non-hydrogen) atoms. The minimum absolute atomic E-state index is 0.0112. The fourth-order valence-corrected chi connectivity index (χ4v) is 4.09. The number of nitrogens with zero attached hydrogens (tertiary/aromatic N) is 2. The molecule has 164 valence electrons. The van der Waals surface area contributed by atoms with Crippen molar-refractivity contribution in [3.63, 3.8) is 0 Å². The molecular formula is C24H23N3O4S. The minimum Gasteiger partial charge on any atom is -0.497 e. The van der Waals surface area contributed by atoms with Gasteiger partial charge in [-0.1, -0.05) is 25.1 Å². The van der Waals surface area contributed by atoms with Crippen LogP contribution in [0.5, 0.6) is 11.5 Å². The van der Waals surface area contributed by atoms with Crippen LogP contribution in [0.15, 0.2) is 54.2 Å². The van der Waals surface area contributed by atoms with Crippen LogP contribution in [-0.2, 0) is 16.1 Å². The number of anilines is 1. The first kappa shape index (κ1) is 21.6. The summed E-state index contributed by atoms with van der Waals surface area (Å²) in [7, 11) is 3.03. The number of carbonyl (C=O) groups is 2. The number of ether oxygens (including phenoxy) is 2. The van der Waals surface area contributed by atoms with Crippen LogP contribution >= 0.6 is 12.2 Å². The Balaban J connectivity index is 1.82. The van der Waals surface area contributed by atoms with Crippen molar-refractivity contribution in [1.29, 1.82) is 0 Å². The van der Waals surface area contributed by atoms with Crippen LogP contribution in [0.2, 0.25) is 0 Å². The summed E-state index contributed by atoms with van der Waals surface area (Å²) in [5.41, 5.74) is 2.22. The fourth-order valence-electron chi connectivity index (χ4n) is 3.82.